The van der Waals surface area contributed by atoms with Crippen molar-refractivity contribution in [2.45, 2.75) is 16.9 Å². The SMILES string of the molecule is CSc1ccc(-c2nn(C(c3ccccc3)(c3ccccc3)C3C=CC=CC3)cc2-c2ccc3ncnc(-c4ccc(F)cc4)c3c2)cc1. The van der Waals surface area contributed by atoms with Crippen LogP contribution >= 0.6 is 11.8 Å². The third kappa shape index (κ3) is 5.58. The minimum Gasteiger partial charge on any atom is -0.256 e. The summed E-state index contributed by atoms with van der Waals surface area (Å²) in [7, 11) is 0. The second-order valence-electron chi connectivity index (χ2n) is 12.2. The summed E-state index contributed by atoms with van der Waals surface area (Å²) < 4.78 is 16.1. The number of halogens is 1. The van der Waals surface area contributed by atoms with E-state index in [9.17, 15) is 4.39 Å². The highest BCUT2D eigenvalue weighted by atomic mass is 32.2. The van der Waals surface area contributed by atoms with Crippen LogP contribution in [0.5, 0.6) is 0 Å². The van der Waals surface area contributed by atoms with Crippen LogP contribution in [0.15, 0.2) is 169 Å². The predicted molar refractivity (Wildman–Crippen MR) is 199 cm³/mol. The van der Waals surface area contributed by atoms with E-state index in [1.54, 1.807) is 30.2 Å². The molecule has 0 amide bonds. The molecule has 238 valence electrons. The van der Waals surface area contributed by atoms with Crippen molar-refractivity contribution in [2.24, 2.45) is 5.92 Å². The molecule has 5 aromatic carbocycles. The van der Waals surface area contributed by atoms with Crippen molar-refractivity contribution in [3.63, 3.8) is 0 Å². The first kappa shape index (κ1) is 30.7. The third-order valence-electron chi connectivity index (χ3n) is 9.45. The van der Waals surface area contributed by atoms with Crippen LogP contribution in [0, 0.1) is 11.7 Å². The predicted octanol–water partition coefficient (Wildman–Crippen LogP) is 10.6. The van der Waals surface area contributed by atoms with E-state index in [1.807, 2.05) is 6.07 Å². The molecular formula is C43H33FN4S. The number of hydrogen-bond acceptors (Lipinski definition) is 4. The molecule has 0 spiro atoms. The van der Waals surface area contributed by atoms with Gasteiger partial charge in [-0.2, -0.15) is 5.10 Å². The fourth-order valence-electron chi connectivity index (χ4n) is 7.09. The van der Waals surface area contributed by atoms with Crippen LogP contribution in [-0.2, 0) is 5.54 Å². The Labute approximate surface area is 289 Å². The van der Waals surface area contributed by atoms with E-state index < -0.39 is 5.54 Å². The van der Waals surface area contributed by atoms with Crippen LogP contribution in [0.4, 0.5) is 4.39 Å². The van der Waals surface area contributed by atoms with Crippen LogP contribution in [-0.4, -0.2) is 26.0 Å². The van der Waals surface area contributed by atoms with E-state index in [0.29, 0.717) is 0 Å². The van der Waals surface area contributed by atoms with Crippen molar-refractivity contribution in [3.8, 4) is 33.6 Å². The smallest absolute Gasteiger partial charge is 0.123 e. The van der Waals surface area contributed by atoms with Gasteiger partial charge in [0.1, 0.15) is 23.4 Å². The fourth-order valence-corrected chi connectivity index (χ4v) is 7.50. The first-order valence-corrected chi connectivity index (χ1v) is 17.6. The van der Waals surface area contributed by atoms with Gasteiger partial charge in [-0.25, -0.2) is 14.4 Å². The molecule has 0 radical (unpaired) electrons. The molecule has 49 heavy (non-hydrogen) atoms. The summed E-state index contributed by atoms with van der Waals surface area (Å²) >= 11 is 1.72. The molecule has 0 aliphatic heterocycles. The van der Waals surface area contributed by atoms with Gasteiger partial charge in [0.2, 0.25) is 0 Å². The molecule has 0 saturated heterocycles. The zero-order chi connectivity index (χ0) is 33.2. The van der Waals surface area contributed by atoms with Crippen LogP contribution in [0.3, 0.4) is 0 Å². The number of benzene rings is 5. The molecule has 1 aliphatic rings. The lowest BCUT2D eigenvalue weighted by atomic mass is 9.70. The second kappa shape index (κ2) is 13.1. The highest BCUT2D eigenvalue weighted by molar-refractivity contribution is 7.98. The summed E-state index contributed by atoms with van der Waals surface area (Å²) in [5.41, 5.74) is 8.00. The molecule has 2 aromatic heterocycles. The summed E-state index contributed by atoms with van der Waals surface area (Å²) in [6.45, 7) is 0. The van der Waals surface area contributed by atoms with Crippen molar-refractivity contribution >= 4 is 22.7 Å². The van der Waals surface area contributed by atoms with Gasteiger partial charge in [0.15, 0.2) is 0 Å². The Morgan fingerprint density at radius 2 is 1.37 bits per heavy atom. The van der Waals surface area contributed by atoms with Crippen LogP contribution in [0.25, 0.3) is 44.5 Å². The number of thioether (sulfide) groups is 1. The quantitative estimate of drug-likeness (QED) is 0.153. The summed E-state index contributed by atoms with van der Waals surface area (Å²) in [6.07, 6.45) is 15.6. The first-order chi connectivity index (χ1) is 24.1. The Balaban J connectivity index is 1.41. The molecule has 0 fully saturated rings. The molecular weight excluding hydrogens is 624 g/mol. The van der Waals surface area contributed by atoms with Gasteiger partial charge in [0.25, 0.3) is 0 Å². The van der Waals surface area contributed by atoms with Crippen molar-refractivity contribution in [2.75, 3.05) is 6.26 Å². The topological polar surface area (TPSA) is 43.6 Å². The maximum Gasteiger partial charge on any atom is 0.123 e. The largest absolute Gasteiger partial charge is 0.256 e. The molecule has 4 nitrogen and oxygen atoms in total. The lowest BCUT2D eigenvalue weighted by Crippen LogP contribution is -2.43. The lowest BCUT2D eigenvalue weighted by molar-refractivity contribution is 0.293. The summed E-state index contributed by atoms with van der Waals surface area (Å²) in [4.78, 5) is 10.4. The minimum atomic E-state index is -0.644. The molecule has 0 saturated carbocycles. The summed E-state index contributed by atoms with van der Waals surface area (Å²) in [5.74, 6) is -0.187. The molecule has 1 aliphatic carbocycles. The van der Waals surface area contributed by atoms with Crippen molar-refractivity contribution < 1.29 is 4.39 Å². The monoisotopic (exact) mass is 656 g/mol. The number of allylic oxidation sites excluding steroid dienone is 4. The highest BCUT2D eigenvalue weighted by Crippen LogP contribution is 2.46. The van der Waals surface area contributed by atoms with E-state index >= 15 is 0 Å². The number of rotatable bonds is 8. The maximum atomic E-state index is 13.9. The Hall–Kier alpha value is -5.59. The van der Waals surface area contributed by atoms with Gasteiger partial charge in [0.05, 0.1) is 11.2 Å². The molecule has 1 atom stereocenters. The van der Waals surface area contributed by atoms with Crippen molar-refractivity contribution in [1.29, 1.82) is 0 Å². The van der Waals surface area contributed by atoms with Gasteiger partial charge in [-0.1, -0.05) is 103 Å². The average Bonchev–Trinajstić information content (AvgIpc) is 3.62. The van der Waals surface area contributed by atoms with Crippen molar-refractivity contribution in [3.05, 3.63) is 181 Å². The van der Waals surface area contributed by atoms with Crippen LogP contribution in [0.1, 0.15) is 17.5 Å². The van der Waals surface area contributed by atoms with E-state index in [2.05, 4.69) is 148 Å². The van der Waals surface area contributed by atoms with Crippen LogP contribution < -0.4 is 0 Å². The van der Waals surface area contributed by atoms with Gasteiger partial charge < -0.3 is 0 Å². The normalized spacial score (nSPS) is 14.4. The number of fused-ring (bicyclic) bond motifs is 1. The Bertz CT molecular complexity index is 2250. The zero-order valence-corrected chi connectivity index (χ0v) is 27.8. The average molecular weight is 657 g/mol. The standard InChI is InChI=1S/C43H33FN4S/c1-49-37-24-19-31(20-25-37)42-39(32-21-26-40-38(27-32)41(46-29-45-40)30-17-22-36(44)23-18-30)28-48(47-42)43(33-11-5-2-6-12-33,34-13-7-3-8-14-34)35-15-9-4-10-16-35/h2-15,17-29,35H,16H2,1H3. The first-order valence-electron chi connectivity index (χ1n) is 16.3. The third-order valence-corrected chi connectivity index (χ3v) is 10.2. The van der Waals surface area contributed by atoms with E-state index in [0.717, 1.165) is 62.1 Å². The highest BCUT2D eigenvalue weighted by Gasteiger charge is 2.44. The fraction of sp³-hybridized carbons (Fsp3) is 0.0930. The molecule has 1 unspecified atom stereocenters. The minimum absolute atomic E-state index is 0.0943. The Kier molecular flexibility index (Phi) is 8.24. The zero-order valence-electron chi connectivity index (χ0n) is 26.9. The van der Waals surface area contributed by atoms with Crippen LogP contribution in [0.2, 0.25) is 0 Å². The molecule has 0 bridgehead atoms. The Morgan fingerprint density at radius 1 is 0.714 bits per heavy atom. The molecule has 2 heterocycles. The molecule has 7 aromatic rings. The Morgan fingerprint density at radius 3 is 2.02 bits per heavy atom. The number of aromatic nitrogens is 4. The van der Waals surface area contributed by atoms with E-state index in [-0.39, 0.29) is 11.7 Å². The number of nitrogens with zero attached hydrogens (tertiary/aromatic N) is 4. The van der Waals surface area contributed by atoms with Gasteiger partial charge in [-0.3, -0.25) is 4.68 Å². The lowest BCUT2D eigenvalue weighted by Gasteiger charge is -2.41. The second-order valence-corrected chi connectivity index (χ2v) is 13.1. The van der Waals surface area contributed by atoms with E-state index in [1.165, 1.54) is 17.0 Å². The molecule has 0 N–H and O–H groups in total. The van der Waals surface area contributed by atoms with Gasteiger partial charge in [-0.15, -0.1) is 11.8 Å². The maximum absolute atomic E-state index is 13.9. The molecule has 8 rings (SSSR count). The number of hydrogen-bond donors (Lipinski definition) is 0. The van der Waals surface area contributed by atoms with E-state index in [4.69, 9.17) is 5.10 Å². The molecule has 6 heteroatoms. The van der Waals surface area contributed by atoms with Gasteiger partial charge in [0, 0.05) is 39.1 Å². The van der Waals surface area contributed by atoms with Gasteiger partial charge >= 0.3 is 0 Å². The summed E-state index contributed by atoms with van der Waals surface area (Å²) in [5, 5.41) is 6.45. The van der Waals surface area contributed by atoms with Gasteiger partial charge in [-0.05, 0) is 77.9 Å². The summed E-state index contributed by atoms with van der Waals surface area (Å²) in [6, 6.07) is 42.8. The van der Waals surface area contributed by atoms with Crippen molar-refractivity contribution in [1.82, 2.24) is 19.7 Å².